The van der Waals surface area contributed by atoms with Gasteiger partial charge in [0.1, 0.15) is 5.82 Å². The number of thioether (sulfide) groups is 1. The van der Waals surface area contributed by atoms with Crippen LogP contribution in [-0.4, -0.2) is 31.6 Å². The van der Waals surface area contributed by atoms with Crippen molar-refractivity contribution in [1.82, 2.24) is 20.2 Å². The molecule has 23 heavy (non-hydrogen) atoms. The van der Waals surface area contributed by atoms with Crippen LogP contribution < -0.4 is 10.7 Å². The molecule has 0 bridgehead atoms. The van der Waals surface area contributed by atoms with Gasteiger partial charge in [-0.2, -0.15) is 0 Å². The highest BCUT2D eigenvalue weighted by Crippen LogP contribution is 2.17. The molecular weight excluding hydrogens is 354 g/mol. The highest BCUT2D eigenvalue weighted by Gasteiger charge is 2.14. The average Bonchev–Trinajstić information content (AvgIpc) is 2.80. The van der Waals surface area contributed by atoms with Gasteiger partial charge in [-0.25, -0.2) is 4.68 Å². The molecule has 1 heterocycles. The third kappa shape index (κ3) is 4.43. The van der Waals surface area contributed by atoms with Gasteiger partial charge in [-0.15, -0.1) is 10.2 Å². The van der Waals surface area contributed by atoms with E-state index >= 15 is 0 Å². The van der Waals surface area contributed by atoms with Gasteiger partial charge in [0, 0.05) is 0 Å². The lowest BCUT2D eigenvalue weighted by Crippen LogP contribution is -2.38. The number of thiocarbonyl (C=S) groups is 1. The van der Waals surface area contributed by atoms with E-state index in [2.05, 4.69) is 20.9 Å². The van der Waals surface area contributed by atoms with E-state index in [1.807, 2.05) is 19.9 Å². The summed E-state index contributed by atoms with van der Waals surface area (Å²) in [5.41, 5.74) is 4.25. The zero-order valence-corrected chi connectivity index (χ0v) is 15.3. The quantitative estimate of drug-likeness (QED) is 0.637. The molecule has 0 saturated heterocycles. The average molecular weight is 370 g/mol. The van der Waals surface area contributed by atoms with Crippen LogP contribution in [0.4, 0.5) is 0 Å². The van der Waals surface area contributed by atoms with Gasteiger partial charge in [0.05, 0.1) is 10.6 Å². The van der Waals surface area contributed by atoms with E-state index in [4.69, 9.17) is 23.8 Å². The summed E-state index contributed by atoms with van der Waals surface area (Å²) in [7, 11) is 0. The van der Waals surface area contributed by atoms with Crippen molar-refractivity contribution in [2.24, 2.45) is 0 Å². The van der Waals surface area contributed by atoms with Gasteiger partial charge in [0.25, 0.3) is 5.91 Å². The van der Waals surface area contributed by atoms with E-state index in [0.717, 1.165) is 11.3 Å². The molecule has 122 valence electrons. The summed E-state index contributed by atoms with van der Waals surface area (Å²) in [4.78, 5) is 12.2. The van der Waals surface area contributed by atoms with Crippen molar-refractivity contribution in [3.63, 3.8) is 0 Å². The Morgan fingerprint density at radius 3 is 2.78 bits per heavy atom. The lowest BCUT2D eigenvalue weighted by molar-refractivity contribution is 0.0977. The first kappa shape index (κ1) is 17.7. The number of nitrogens with one attached hydrogen (secondary N) is 2. The second-order valence-corrected chi connectivity index (χ2v) is 6.72. The molecule has 1 amide bonds. The molecule has 1 aromatic heterocycles. The number of aromatic nitrogens is 3. The number of nitrogens with zero attached hydrogens (tertiary/aromatic N) is 3. The lowest BCUT2D eigenvalue weighted by Gasteiger charge is -2.13. The second-order valence-electron chi connectivity index (χ2n) is 4.68. The highest BCUT2D eigenvalue weighted by molar-refractivity contribution is 7.99. The Morgan fingerprint density at radius 2 is 2.13 bits per heavy atom. The van der Waals surface area contributed by atoms with E-state index in [1.165, 1.54) is 11.8 Å². The van der Waals surface area contributed by atoms with Crippen molar-refractivity contribution >= 4 is 46.6 Å². The number of amides is 1. The van der Waals surface area contributed by atoms with Gasteiger partial charge in [0.15, 0.2) is 5.11 Å². The van der Waals surface area contributed by atoms with Crippen molar-refractivity contribution in [3.05, 3.63) is 40.2 Å². The minimum atomic E-state index is -0.372. The minimum absolute atomic E-state index is 0.146. The van der Waals surface area contributed by atoms with Gasteiger partial charge < -0.3 is 0 Å². The predicted molar refractivity (Wildman–Crippen MR) is 96.8 cm³/mol. The Hall–Kier alpha value is -1.64. The number of benzene rings is 1. The number of aryl methyl sites for hydroxylation is 2. The Bertz CT molecular complexity index is 747. The third-order valence-electron chi connectivity index (χ3n) is 2.88. The maximum atomic E-state index is 12.2. The molecule has 2 N–H and O–H groups in total. The smallest absolute Gasteiger partial charge is 0.258 e. The van der Waals surface area contributed by atoms with Crippen LogP contribution in [0.15, 0.2) is 23.4 Å². The van der Waals surface area contributed by atoms with Gasteiger partial charge in [0.2, 0.25) is 5.16 Å². The van der Waals surface area contributed by atoms with E-state index < -0.39 is 0 Å². The molecule has 1 aromatic carbocycles. The van der Waals surface area contributed by atoms with Gasteiger partial charge in [-0.3, -0.25) is 15.5 Å². The van der Waals surface area contributed by atoms with Crippen LogP contribution in [-0.2, 0) is 0 Å². The fraction of sp³-hybridized carbons (Fsp3) is 0.286. The maximum absolute atomic E-state index is 12.2. The zero-order chi connectivity index (χ0) is 17.0. The molecule has 2 aromatic rings. The van der Waals surface area contributed by atoms with Crippen LogP contribution >= 0.6 is 35.6 Å². The summed E-state index contributed by atoms with van der Waals surface area (Å²) in [5, 5.41) is 11.8. The van der Waals surface area contributed by atoms with Crippen LogP contribution in [0, 0.1) is 13.8 Å². The molecule has 0 aliphatic carbocycles. The predicted octanol–water partition coefficient (Wildman–Crippen LogP) is 2.92. The summed E-state index contributed by atoms with van der Waals surface area (Å²) < 4.78 is 1.63. The molecule has 0 atom stereocenters. The van der Waals surface area contributed by atoms with Crippen molar-refractivity contribution in [3.8, 4) is 0 Å². The monoisotopic (exact) mass is 369 g/mol. The molecule has 0 saturated carbocycles. The van der Waals surface area contributed by atoms with Crippen LogP contribution in [0.25, 0.3) is 0 Å². The first-order chi connectivity index (χ1) is 10.9. The number of hydrogen-bond donors (Lipinski definition) is 2. The number of rotatable bonds is 4. The van der Waals surface area contributed by atoms with Gasteiger partial charge in [-0.1, -0.05) is 36.4 Å². The fourth-order valence-electron chi connectivity index (χ4n) is 1.80. The Labute approximate surface area is 149 Å². The van der Waals surface area contributed by atoms with Crippen molar-refractivity contribution in [2.45, 2.75) is 25.9 Å². The maximum Gasteiger partial charge on any atom is 0.258 e. The molecule has 0 fully saturated rings. The molecule has 0 spiro atoms. The summed E-state index contributed by atoms with van der Waals surface area (Å²) in [6, 6.07) is 5.21. The van der Waals surface area contributed by atoms with Crippen LogP contribution in [0.3, 0.4) is 0 Å². The third-order valence-corrected chi connectivity index (χ3v) is 4.20. The summed E-state index contributed by atoms with van der Waals surface area (Å²) in [6.07, 6.45) is 0. The second kappa shape index (κ2) is 7.76. The Morgan fingerprint density at radius 1 is 1.39 bits per heavy atom. The highest BCUT2D eigenvalue weighted by atomic mass is 35.5. The normalized spacial score (nSPS) is 10.4. The summed E-state index contributed by atoms with van der Waals surface area (Å²) in [6.45, 7) is 5.71. The van der Waals surface area contributed by atoms with Crippen LogP contribution in [0.1, 0.15) is 28.7 Å². The summed E-state index contributed by atoms with van der Waals surface area (Å²) in [5.74, 6) is 1.12. The number of carbonyl (C=O) groups excluding carboxylic acids is 1. The number of carbonyl (C=O) groups is 1. The molecule has 2 rings (SSSR count). The minimum Gasteiger partial charge on any atom is -0.298 e. The van der Waals surface area contributed by atoms with Gasteiger partial charge in [-0.05, 0) is 49.5 Å². The fourth-order valence-corrected chi connectivity index (χ4v) is 2.97. The van der Waals surface area contributed by atoms with Crippen molar-refractivity contribution in [1.29, 1.82) is 0 Å². The first-order valence-corrected chi connectivity index (χ1v) is 8.63. The molecule has 0 unspecified atom stereocenters. The summed E-state index contributed by atoms with van der Waals surface area (Å²) >= 11 is 12.8. The van der Waals surface area contributed by atoms with Crippen LogP contribution in [0.5, 0.6) is 0 Å². The molecular formula is C14H16ClN5OS2. The lowest BCUT2D eigenvalue weighted by atomic mass is 10.1. The molecule has 0 aliphatic rings. The molecule has 0 radical (unpaired) electrons. The van der Waals surface area contributed by atoms with E-state index in [-0.39, 0.29) is 11.0 Å². The Kier molecular flexibility index (Phi) is 5.97. The Balaban J connectivity index is 2.07. The van der Waals surface area contributed by atoms with Crippen molar-refractivity contribution < 1.29 is 4.79 Å². The first-order valence-electron chi connectivity index (χ1n) is 6.85. The number of hydrogen-bond acceptors (Lipinski definition) is 5. The number of halogens is 1. The van der Waals surface area contributed by atoms with Crippen LogP contribution in [0.2, 0.25) is 5.02 Å². The van der Waals surface area contributed by atoms with E-state index in [1.54, 1.807) is 23.7 Å². The van der Waals surface area contributed by atoms with Crippen molar-refractivity contribution in [2.75, 3.05) is 11.2 Å². The molecule has 6 nitrogen and oxygen atoms in total. The molecule has 9 heteroatoms. The standard InChI is InChI=1S/C14H16ClN5OS2/c1-4-23-14-18-17-9(3)20(14)19-13(22)16-12(21)10-6-5-8(2)7-11(10)15/h5-7H,4H2,1-3H3,(H2,16,19,21,22). The van der Waals surface area contributed by atoms with E-state index in [0.29, 0.717) is 21.6 Å². The SMILES string of the molecule is CCSc1nnc(C)n1NC(=S)NC(=O)c1ccc(C)cc1Cl. The topological polar surface area (TPSA) is 71.8 Å². The molecule has 0 aliphatic heterocycles. The zero-order valence-electron chi connectivity index (χ0n) is 12.9. The van der Waals surface area contributed by atoms with E-state index in [9.17, 15) is 4.79 Å². The largest absolute Gasteiger partial charge is 0.298 e. The van der Waals surface area contributed by atoms with Gasteiger partial charge >= 0.3 is 0 Å².